The van der Waals surface area contributed by atoms with Crippen molar-refractivity contribution >= 4 is 33.0 Å². The minimum absolute atomic E-state index is 0.0568. The first-order chi connectivity index (χ1) is 9.83. The van der Waals surface area contributed by atoms with Crippen molar-refractivity contribution in [2.75, 3.05) is 0 Å². The Hall–Kier alpha value is -1.61. The molecule has 0 amide bonds. The van der Waals surface area contributed by atoms with Gasteiger partial charge < -0.3 is 0 Å². The van der Waals surface area contributed by atoms with Gasteiger partial charge in [0.2, 0.25) is 0 Å². The molecule has 108 valence electrons. The molecule has 2 aromatic carbocycles. The smallest absolute Gasteiger partial charge is 0.182 e. The molecular weight excluding hydrogens is 336 g/mol. The first kappa shape index (κ1) is 15.8. The Morgan fingerprint density at radius 2 is 1.81 bits per heavy atom. The van der Waals surface area contributed by atoms with Gasteiger partial charge in [0, 0.05) is 5.56 Å². The minimum Gasteiger partial charge on any atom is -0.223 e. The van der Waals surface area contributed by atoms with Crippen LogP contribution >= 0.6 is 23.2 Å². The van der Waals surface area contributed by atoms with Crippen molar-refractivity contribution in [1.82, 2.24) is 0 Å². The van der Waals surface area contributed by atoms with Gasteiger partial charge in [-0.3, -0.25) is 0 Å². The zero-order chi connectivity index (χ0) is 15.6. The Labute approximate surface area is 131 Å². The number of sulfone groups is 1. The van der Waals surface area contributed by atoms with E-state index in [0.717, 1.165) is 6.07 Å². The van der Waals surface area contributed by atoms with Crippen LogP contribution in [0, 0.1) is 17.1 Å². The molecule has 0 aromatic heterocycles. The van der Waals surface area contributed by atoms with Gasteiger partial charge in [-0.15, -0.1) is 0 Å². The first-order valence-corrected chi connectivity index (χ1v) is 8.10. The van der Waals surface area contributed by atoms with Gasteiger partial charge >= 0.3 is 0 Å². The van der Waals surface area contributed by atoms with Crippen LogP contribution in [0.4, 0.5) is 4.39 Å². The summed E-state index contributed by atoms with van der Waals surface area (Å²) in [5.74, 6) is -1.25. The molecule has 2 rings (SSSR count). The molecule has 0 saturated carbocycles. The second-order valence-corrected chi connectivity index (χ2v) is 7.06. The summed E-state index contributed by atoms with van der Waals surface area (Å²) in [6.07, 6.45) is 0. The van der Waals surface area contributed by atoms with Gasteiger partial charge in [-0.2, -0.15) is 5.26 Å². The van der Waals surface area contributed by atoms with E-state index in [2.05, 4.69) is 0 Å². The minimum atomic E-state index is -3.79. The Morgan fingerprint density at radius 1 is 1.10 bits per heavy atom. The van der Waals surface area contributed by atoms with Crippen molar-refractivity contribution in [2.24, 2.45) is 0 Å². The van der Waals surface area contributed by atoms with E-state index in [4.69, 9.17) is 28.5 Å². The van der Waals surface area contributed by atoms with Crippen molar-refractivity contribution in [3.8, 4) is 6.07 Å². The van der Waals surface area contributed by atoms with E-state index in [1.54, 1.807) is 0 Å². The maximum atomic E-state index is 13.7. The van der Waals surface area contributed by atoms with Crippen LogP contribution in [-0.4, -0.2) is 8.42 Å². The molecule has 0 atom stereocenters. The molecule has 0 aliphatic carbocycles. The van der Waals surface area contributed by atoms with Gasteiger partial charge in [-0.25, -0.2) is 12.8 Å². The van der Waals surface area contributed by atoms with E-state index in [1.807, 2.05) is 6.07 Å². The highest BCUT2D eigenvalue weighted by Gasteiger charge is 2.19. The van der Waals surface area contributed by atoms with E-state index in [0.29, 0.717) is 0 Å². The maximum Gasteiger partial charge on any atom is 0.182 e. The zero-order valence-electron chi connectivity index (χ0n) is 10.5. The van der Waals surface area contributed by atoms with Gasteiger partial charge in [0.1, 0.15) is 5.82 Å². The monoisotopic (exact) mass is 343 g/mol. The Bertz CT molecular complexity index is 845. The van der Waals surface area contributed by atoms with E-state index < -0.39 is 21.4 Å². The Kier molecular flexibility index (Phi) is 4.52. The average molecular weight is 344 g/mol. The van der Waals surface area contributed by atoms with E-state index in [1.165, 1.54) is 30.3 Å². The molecule has 0 N–H and O–H groups in total. The Balaban J connectivity index is 2.42. The summed E-state index contributed by atoms with van der Waals surface area (Å²) in [5.41, 5.74) is 0.121. The standard InChI is InChI=1S/C14H8Cl2FNO2S/c15-12-3-2-11(6-13(12)16)21(19,20)8-10-5-9(7-18)1-4-14(10)17/h1-6H,8H2. The molecule has 0 aliphatic rings. The van der Waals surface area contributed by atoms with Crippen molar-refractivity contribution < 1.29 is 12.8 Å². The van der Waals surface area contributed by atoms with Crippen LogP contribution in [0.25, 0.3) is 0 Å². The van der Waals surface area contributed by atoms with Gasteiger partial charge in [0.25, 0.3) is 0 Å². The van der Waals surface area contributed by atoms with Gasteiger partial charge in [0.15, 0.2) is 9.84 Å². The molecular formula is C14H8Cl2FNO2S. The summed E-state index contributed by atoms with van der Waals surface area (Å²) in [4.78, 5) is -0.0568. The second kappa shape index (κ2) is 6.02. The molecule has 0 spiro atoms. The van der Waals surface area contributed by atoms with E-state index in [9.17, 15) is 12.8 Å². The number of nitrogens with zero attached hydrogens (tertiary/aromatic N) is 1. The van der Waals surface area contributed by atoms with Crippen LogP contribution in [0.2, 0.25) is 10.0 Å². The molecule has 0 saturated heterocycles. The SMILES string of the molecule is N#Cc1ccc(F)c(CS(=O)(=O)c2ccc(Cl)c(Cl)c2)c1. The summed E-state index contributed by atoms with van der Waals surface area (Å²) in [7, 11) is -3.79. The maximum absolute atomic E-state index is 13.7. The lowest BCUT2D eigenvalue weighted by Crippen LogP contribution is -2.07. The van der Waals surface area contributed by atoms with Crippen LogP contribution in [-0.2, 0) is 15.6 Å². The third-order valence-corrected chi connectivity index (χ3v) is 5.17. The van der Waals surface area contributed by atoms with Crippen molar-refractivity contribution in [3.05, 3.63) is 63.4 Å². The van der Waals surface area contributed by atoms with E-state index >= 15 is 0 Å². The number of rotatable bonds is 3. The predicted molar refractivity (Wildman–Crippen MR) is 78.5 cm³/mol. The summed E-state index contributed by atoms with van der Waals surface area (Å²) < 4.78 is 38.2. The highest BCUT2D eigenvalue weighted by Crippen LogP contribution is 2.27. The summed E-state index contributed by atoms with van der Waals surface area (Å²) in [5, 5.41) is 9.11. The first-order valence-electron chi connectivity index (χ1n) is 5.70. The van der Waals surface area contributed by atoms with Crippen LogP contribution in [0.3, 0.4) is 0 Å². The number of benzene rings is 2. The number of halogens is 3. The quantitative estimate of drug-likeness (QED) is 0.846. The number of hydrogen-bond donors (Lipinski definition) is 0. The van der Waals surface area contributed by atoms with Gasteiger partial charge in [0.05, 0.1) is 32.3 Å². The molecule has 7 heteroatoms. The van der Waals surface area contributed by atoms with Crippen molar-refractivity contribution in [1.29, 1.82) is 5.26 Å². The fourth-order valence-corrected chi connectivity index (χ4v) is 3.45. The second-order valence-electron chi connectivity index (χ2n) is 4.25. The number of nitriles is 1. The Morgan fingerprint density at radius 3 is 2.43 bits per heavy atom. The molecule has 21 heavy (non-hydrogen) atoms. The predicted octanol–water partition coefficient (Wildman–Crippen LogP) is 3.98. The molecule has 0 aliphatic heterocycles. The normalized spacial score (nSPS) is 11.1. The lowest BCUT2D eigenvalue weighted by molar-refractivity contribution is 0.587. The van der Waals surface area contributed by atoms with Crippen molar-refractivity contribution in [3.63, 3.8) is 0 Å². The molecule has 0 fully saturated rings. The highest BCUT2D eigenvalue weighted by molar-refractivity contribution is 7.90. The molecule has 0 heterocycles. The lowest BCUT2D eigenvalue weighted by Gasteiger charge is -2.07. The fraction of sp³-hybridized carbons (Fsp3) is 0.0714. The molecule has 0 bridgehead atoms. The fourth-order valence-electron chi connectivity index (χ4n) is 1.71. The van der Waals surface area contributed by atoms with Crippen LogP contribution < -0.4 is 0 Å². The number of hydrogen-bond acceptors (Lipinski definition) is 3. The van der Waals surface area contributed by atoms with Crippen molar-refractivity contribution in [2.45, 2.75) is 10.6 Å². The average Bonchev–Trinajstić information content (AvgIpc) is 2.44. The van der Waals surface area contributed by atoms with E-state index in [-0.39, 0.29) is 26.1 Å². The molecule has 0 unspecified atom stereocenters. The zero-order valence-corrected chi connectivity index (χ0v) is 12.8. The topological polar surface area (TPSA) is 57.9 Å². The molecule has 3 nitrogen and oxygen atoms in total. The van der Waals surface area contributed by atoms with Gasteiger partial charge in [-0.05, 0) is 36.4 Å². The third-order valence-electron chi connectivity index (χ3n) is 2.77. The van der Waals surface area contributed by atoms with Crippen LogP contribution in [0.5, 0.6) is 0 Å². The highest BCUT2D eigenvalue weighted by atomic mass is 35.5. The van der Waals surface area contributed by atoms with Crippen LogP contribution in [0.15, 0.2) is 41.3 Å². The summed E-state index contributed by atoms with van der Waals surface area (Å²) >= 11 is 11.5. The van der Waals surface area contributed by atoms with Gasteiger partial charge in [-0.1, -0.05) is 23.2 Å². The van der Waals surface area contributed by atoms with Crippen LogP contribution in [0.1, 0.15) is 11.1 Å². The largest absolute Gasteiger partial charge is 0.223 e. The lowest BCUT2D eigenvalue weighted by atomic mass is 10.1. The third kappa shape index (κ3) is 3.53. The molecule has 0 radical (unpaired) electrons. The summed E-state index contributed by atoms with van der Waals surface area (Å²) in [6, 6.07) is 9.27. The summed E-state index contributed by atoms with van der Waals surface area (Å²) in [6.45, 7) is 0. The molecule has 2 aromatic rings.